The molecular formula is C16H29BrO4. The minimum absolute atomic E-state index is 0.0179. The molecule has 0 aliphatic carbocycles. The molecule has 21 heavy (non-hydrogen) atoms. The second kappa shape index (κ2) is 6.27. The summed E-state index contributed by atoms with van der Waals surface area (Å²) in [6, 6.07) is 0. The second-order valence-corrected chi connectivity index (χ2v) is 9.82. The van der Waals surface area contributed by atoms with Gasteiger partial charge in [-0.2, -0.15) is 0 Å². The minimum Gasteiger partial charge on any atom is -0.480 e. The van der Waals surface area contributed by atoms with Crippen LogP contribution in [0.3, 0.4) is 0 Å². The van der Waals surface area contributed by atoms with Crippen LogP contribution in [-0.2, 0) is 9.59 Å². The molecule has 0 aromatic rings. The number of hydrogen-bond acceptors (Lipinski definition) is 2. The molecule has 0 amide bonds. The third-order valence-corrected chi connectivity index (χ3v) is 5.40. The highest BCUT2D eigenvalue weighted by molar-refractivity contribution is 9.10. The molecule has 0 spiro atoms. The summed E-state index contributed by atoms with van der Waals surface area (Å²) >= 11 is 3.06. The van der Waals surface area contributed by atoms with Crippen LogP contribution < -0.4 is 0 Å². The lowest BCUT2D eigenvalue weighted by Crippen LogP contribution is -2.55. The van der Waals surface area contributed by atoms with E-state index in [9.17, 15) is 19.8 Å². The summed E-state index contributed by atoms with van der Waals surface area (Å²) in [5, 5.41) is 19.1. The molecule has 0 aliphatic heterocycles. The normalized spacial score (nSPS) is 16.4. The first-order valence-electron chi connectivity index (χ1n) is 7.21. The van der Waals surface area contributed by atoms with Gasteiger partial charge in [-0.25, -0.2) is 0 Å². The zero-order valence-electron chi connectivity index (χ0n) is 14.2. The van der Waals surface area contributed by atoms with Crippen molar-refractivity contribution in [3.05, 3.63) is 0 Å². The molecule has 0 aromatic heterocycles. The zero-order valence-corrected chi connectivity index (χ0v) is 15.8. The van der Waals surface area contributed by atoms with Crippen LogP contribution in [0.25, 0.3) is 0 Å². The molecule has 1 atom stereocenters. The summed E-state index contributed by atoms with van der Waals surface area (Å²) in [6.07, 6.45) is 1.78. The lowest BCUT2D eigenvalue weighted by Gasteiger charge is -2.44. The van der Waals surface area contributed by atoms with E-state index >= 15 is 0 Å². The van der Waals surface area contributed by atoms with Crippen molar-refractivity contribution in [1.29, 1.82) is 0 Å². The molecule has 0 saturated carbocycles. The van der Waals surface area contributed by atoms with Crippen LogP contribution >= 0.6 is 15.9 Å². The second-order valence-electron chi connectivity index (χ2n) is 8.63. The van der Waals surface area contributed by atoms with E-state index in [-0.39, 0.29) is 10.8 Å². The topological polar surface area (TPSA) is 74.6 Å². The standard InChI is InChI=1S/C16H29BrO4/c1-13(2,3)8-9-15(7,10-14(4,5)6)16(17,11(18)19)12(20)21/h8-10H2,1-7H3,(H,18,19)(H,20,21). The van der Waals surface area contributed by atoms with Crippen molar-refractivity contribution in [3.8, 4) is 0 Å². The van der Waals surface area contributed by atoms with Crippen LogP contribution in [0.2, 0.25) is 0 Å². The molecule has 4 nitrogen and oxygen atoms in total. The lowest BCUT2D eigenvalue weighted by atomic mass is 9.63. The van der Waals surface area contributed by atoms with Crippen LogP contribution in [-0.4, -0.2) is 26.5 Å². The Morgan fingerprint density at radius 2 is 1.19 bits per heavy atom. The van der Waals surface area contributed by atoms with Gasteiger partial charge in [0.2, 0.25) is 4.32 Å². The third kappa shape index (κ3) is 5.28. The van der Waals surface area contributed by atoms with Gasteiger partial charge in [0, 0.05) is 5.41 Å². The average molecular weight is 365 g/mol. The van der Waals surface area contributed by atoms with Gasteiger partial charge in [0.15, 0.2) is 0 Å². The molecule has 0 aliphatic rings. The van der Waals surface area contributed by atoms with E-state index in [1.165, 1.54) is 0 Å². The van der Waals surface area contributed by atoms with E-state index in [4.69, 9.17) is 0 Å². The Morgan fingerprint density at radius 1 is 0.810 bits per heavy atom. The van der Waals surface area contributed by atoms with Crippen molar-refractivity contribution in [3.63, 3.8) is 0 Å². The van der Waals surface area contributed by atoms with E-state index in [1.54, 1.807) is 6.92 Å². The molecule has 124 valence electrons. The van der Waals surface area contributed by atoms with Crippen molar-refractivity contribution >= 4 is 27.9 Å². The maximum absolute atomic E-state index is 11.7. The largest absolute Gasteiger partial charge is 0.480 e. The Morgan fingerprint density at radius 3 is 1.43 bits per heavy atom. The highest BCUT2D eigenvalue weighted by atomic mass is 79.9. The van der Waals surface area contributed by atoms with Gasteiger partial charge in [-0.05, 0) is 30.1 Å². The first-order valence-corrected chi connectivity index (χ1v) is 8.00. The highest BCUT2D eigenvalue weighted by Gasteiger charge is 2.59. The minimum atomic E-state index is -1.97. The number of halogens is 1. The molecule has 5 heteroatoms. The Balaban J connectivity index is 5.79. The SMILES string of the molecule is CC(C)(C)CCC(C)(CC(C)(C)C)C(Br)(C(=O)O)C(=O)O. The van der Waals surface area contributed by atoms with Gasteiger partial charge in [-0.3, -0.25) is 9.59 Å². The highest BCUT2D eigenvalue weighted by Crippen LogP contribution is 2.51. The summed E-state index contributed by atoms with van der Waals surface area (Å²) in [5.74, 6) is -2.67. The molecule has 2 N–H and O–H groups in total. The number of carbonyl (C=O) groups is 2. The molecule has 0 bridgehead atoms. The molecule has 1 unspecified atom stereocenters. The average Bonchev–Trinajstić information content (AvgIpc) is 2.21. The van der Waals surface area contributed by atoms with Crippen LogP contribution in [0.1, 0.15) is 67.7 Å². The van der Waals surface area contributed by atoms with Crippen molar-refractivity contribution < 1.29 is 19.8 Å². The molecule has 0 fully saturated rings. The van der Waals surface area contributed by atoms with Crippen LogP contribution in [0, 0.1) is 16.2 Å². The maximum atomic E-state index is 11.7. The van der Waals surface area contributed by atoms with E-state index < -0.39 is 21.7 Å². The maximum Gasteiger partial charge on any atom is 0.332 e. The Bertz CT molecular complexity index is 389. The van der Waals surface area contributed by atoms with Gasteiger partial charge in [-0.1, -0.05) is 64.4 Å². The first-order chi connectivity index (χ1) is 9.05. The van der Waals surface area contributed by atoms with E-state index in [1.807, 2.05) is 20.8 Å². The quantitative estimate of drug-likeness (QED) is 0.535. The van der Waals surface area contributed by atoms with Gasteiger partial charge in [-0.15, -0.1) is 0 Å². The van der Waals surface area contributed by atoms with Crippen LogP contribution in [0.15, 0.2) is 0 Å². The van der Waals surface area contributed by atoms with Crippen molar-refractivity contribution in [2.24, 2.45) is 16.2 Å². The van der Waals surface area contributed by atoms with E-state index in [0.29, 0.717) is 12.8 Å². The Hall–Kier alpha value is -0.580. The molecule has 0 heterocycles. The number of carboxylic acid groups (broad SMARTS) is 2. The monoisotopic (exact) mass is 364 g/mol. The summed E-state index contributed by atoms with van der Waals surface area (Å²) < 4.78 is -1.97. The summed E-state index contributed by atoms with van der Waals surface area (Å²) in [7, 11) is 0. The van der Waals surface area contributed by atoms with Gasteiger partial charge < -0.3 is 10.2 Å². The Labute approximate surface area is 136 Å². The Kier molecular flexibility index (Phi) is 6.10. The molecular weight excluding hydrogens is 336 g/mol. The predicted molar refractivity (Wildman–Crippen MR) is 87.8 cm³/mol. The third-order valence-electron chi connectivity index (χ3n) is 3.77. The summed E-state index contributed by atoms with van der Waals surface area (Å²) in [4.78, 5) is 23.4. The van der Waals surface area contributed by atoms with E-state index in [0.717, 1.165) is 6.42 Å². The van der Waals surface area contributed by atoms with Gasteiger partial charge in [0.05, 0.1) is 0 Å². The van der Waals surface area contributed by atoms with Crippen LogP contribution in [0.5, 0.6) is 0 Å². The first kappa shape index (κ1) is 20.4. The van der Waals surface area contributed by atoms with Crippen molar-refractivity contribution in [2.45, 2.75) is 72.1 Å². The predicted octanol–water partition coefficient (Wildman–Crippen LogP) is 4.56. The fourth-order valence-corrected chi connectivity index (χ4v) is 3.15. The fourth-order valence-electron chi connectivity index (χ4n) is 2.81. The van der Waals surface area contributed by atoms with Crippen molar-refractivity contribution in [1.82, 2.24) is 0 Å². The number of alkyl halides is 1. The number of aliphatic carboxylic acids is 2. The van der Waals surface area contributed by atoms with E-state index in [2.05, 4.69) is 36.7 Å². The molecule has 0 radical (unpaired) electrons. The zero-order chi connectivity index (χ0) is 17.3. The summed E-state index contributed by atoms with van der Waals surface area (Å²) in [6.45, 7) is 14.0. The number of carboxylic acids is 2. The number of hydrogen-bond donors (Lipinski definition) is 2. The number of rotatable bonds is 6. The smallest absolute Gasteiger partial charge is 0.332 e. The van der Waals surface area contributed by atoms with Gasteiger partial charge >= 0.3 is 11.9 Å². The van der Waals surface area contributed by atoms with Gasteiger partial charge in [0.25, 0.3) is 0 Å². The van der Waals surface area contributed by atoms with Crippen molar-refractivity contribution in [2.75, 3.05) is 0 Å². The molecule has 0 saturated heterocycles. The molecule has 0 rings (SSSR count). The fraction of sp³-hybridized carbons (Fsp3) is 0.875. The summed E-state index contributed by atoms with van der Waals surface area (Å²) in [5.41, 5.74) is -1.04. The van der Waals surface area contributed by atoms with Crippen LogP contribution in [0.4, 0.5) is 0 Å². The molecule has 0 aromatic carbocycles. The lowest BCUT2D eigenvalue weighted by molar-refractivity contribution is -0.158. The van der Waals surface area contributed by atoms with Gasteiger partial charge in [0.1, 0.15) is 0 Å².